The molecule has 8 nitrogen and oxygen atoms in total. The topological polar surface area (TPSA) is 106 Å². The van der Waals surface area contributed by atoms with E-state index in [2.05, 4.69) is 39.0 Å². The number of aryl methyl sites for hydroxylation is 1. The van der Waals surface area contributed by atoms with Crippen LogP contribution in [0.15, 0.2) is 48.0 Å². The van der Waals surface area contributed by atoms with Gasteiger partial charge in [-0.1, -0.05) is 12.6 Å². The average Bonchev–Trinajstić information content (AvgIpc) is 3.09. The fourth-order valence-corrected chi connectivity index (χ4v) is 5.30. The number of hydrogen-bond acceptors (Lipinski definition) is 7. The molecule has 0 saturated carbocycles. The molecule has 2 aromatic heterocycles. The number of phenols is 1. The number of nitrogens with one attached hydrogen (secondary N) is 1. The number of nitrogens with zero attached hydrogens (tertiary/aromatic N) is 5. The lowest BCUT2D eigenvalue weighted by Gasteiger charge is -2.45. The molecule has 0 radical (unpaired) electrons. The molecular formula is C25H27FN6O2. The molecule has 2 bridgehead atoms. The molecule has 2 fully saturated rings. The molecule has 3 aromatic rings. The third-order valence-electron chi connectivity index (χ3n) is 7.25. The largest absolute Gasteiger partial charge is 0.507 e. The van der Waals surface area contributed by atoms with Crippen LogP contribution in [0.2, 0.25) is 0 Å². The van der Waals surface area contributed by atoms with Crippen molar-refractivity contribution >= 4 is 5.57 Å². The van der Waals surface area contributed by atoms with Gasteiger partial charge in [0.05, 0.1) is 11.4 Å². The monoisotopic (exact) mass is 462 g/mol. The fraction of sp³-hybridized carbons (Fsp3) is 0.400. The Morgan fingerprint density at radius 3 is 2.71 bits per heavy atom. The van der Waals surface area contributed by atoms with Gasteiger partial charge in [0.15, 0.2) is 5.82 Å². The first-order valence-corrected chi connectivity index (χ1v) is 11.3. The minimum absolute atomic E-state index is 0.0396. The van der Waals surface area contributed by atoms with E-state index in [1.54, 1.807) is 31.3 Å². The maximum Gasteiger partial charge on any atom is 0.350 e. The number of allylic oxidation sites excluding steroid dienone is 1. The number of aromatic nitrogens is 5. The van der Waals surface area contributed by atoms with Crippen LogP contribution in [0.3, 0.4) is 0 Å². The van der Waals surface area contributed by atoms with Crippen molar-refractivity contribution in [2.45, 2.75) is 50.4 Å². The summed E-state index contributed by atoms with van der Waals surface area (Å²) in [7, 11) is 1.56. The number of piperidine rings is 1. The minimum Gasteiger partial charge on any atom is -0.507 e. The zero-order chi connectivity index (χ0) is 24.3. The summed E-state index contributed by atoms with van der Waals surface area (Å²) >= 11 is 0. The predicted molar refractivity (Wildman–Crippen MR) is 127 cm³/mol. The molecule has 0 spiro atoms. The van der Waals surface area contributed by atoms with Crippen LogP contribution < -0.4 is 11.0 Å². The molecule has 2 N–H and O–H groups in total. The molecule has 176 valence electrons. The Kier molecular flexibility index (Phi) is 5.12. The van der Waals surface area contributed by atoms with E-state index in [9.17, 15) is 9.90 Å². The van der Waals surface area contributed by atoms with Gasteiger partial charge in [0.25, 0.3) is 0 Å². The van der Waals surface area contributed by atoms with E-state index in [0.29, 0.717) is 34.5 Å². The first kappa shape index (κ1) is 22.3. The lowest BCUT2D eigenvalue weighted by atomic mass is 9.75. The first-order valence-electron chi connectivity index (χ1n) is 11.3. The van der Waals surface area contributed by atoms with Crippen molar-refractivity contribution in [2.75, 3.05) is 0 Å². The highest BCUT2D eigenvalue weighted by atomic mass is 19.1. The second-order valence-electron chi connectivity index (χ2n) is 9.95. The third kappa shape index (κ3) is 3.69. The van der Waals surface area contributed by atoms with Gasteiger partial charge in [0.2, 0.25) is 0 Å². The van der Waals surface area contributed by atoms with Crippen LogP contribution in [0.25, 0.3) is 28.2 Å². The fourth-order valence-electron chi connectivity index (χ4n) is 5.30. The van der Waals surface area contributed by atoms with Crippen LogP contribution in [0, 0.1) is 5.92 Å². The van der Waals surface area contributed by atoms with E-state index in [4.69, 9.17) is 0 Å². The maximum absolute atomic E-state index is 15.4. The number of alkyl halides is 1. The highest BCUT2D eigenvalue weighted by molar-refractivity contribution is 5.72. The smallest absolute Gasteiger partial charge is 0.350 e. The number of rotatable bonds is 4. The lowest BCUT2D eigenvalue weighted by Crippen LogP contribution is -2.60. The highest BCUT2D eigenvalue weighted by Crippen LogP contribution is 2.49. The van der Waals surface area contributed by atoms with E-state index in [1.807, 2.05) is 6.92 Å². The number of benzene rings is 1. The van der Waals surface area contributed by atoms with Gasteiger partial charge < -0.3 is 10.4 Å². The van der Waals surface area contributed by atoms with Crippen molar-refractivity contribution in [3.8, 4) is 28.4 Å². The van der Waals surface area contributed by atoms with Gasteiger partial charge in [-0.3, -0.25) is 4.57 Å². The van der Waals surface area contributed by atoms with Crippen molar-refractivity contribution in [3.05, 3.63) is 59.4 Å². The van der Waals surface area contributed by atoms with Gasteiger partial charge in [-0.15, -0.1) is 5.10 Å². The van der Waals surface area contributed by atoms with E-state index in [-0.39, 0.29) is 23.0 Å². The summed E-state index contributed by atoms with van der Waals surface area (Å²) in [5.41, 5.74) is 1.56. The summed E-state index contributed by atoms with van der Waals surface area (Å²) in [4.78, 5) is 19.8. The molecular weight excluding hydrogens is 435 g/mol. The Balaban J connectivity index is 1.38. The van der Waals surface area contributed by atoms with E-state index in [1.165, 1.54) is 17.0 Å². The molecule has 34 heavy (non-hydrogen) atoms. The molecule has 1 aromatic carbocycles. The Labute approximate surface area is 196 Å². The van der Waals surface area contributed by atoms with Gasteiger partial charge in [-0.05, 0) is 62.9 Å². The Morgan fingerprint density at radius 2 is 2.03 bits per heavy atom. The molecule has 5 rings (SSSR count). The molecule has 0 amide bonds. The van der Waals surface area contributed by atoms with E-state index in [0.717, 1.165) is 12.8 Å². The van der Waals surface area contributed by atoms with Gasteiger partial charge in [0, 0.05) is 35.2 Å². The summed E-state index contributed by atoms with van der Waals surface area (Å²) in [6.45, 7) is 8.26. The summed E-state index contributed by atoms with van der Waals surface area (Å²) < 4.78 is 16.7. The molecule has 2 aliphatic rings. The summed E-state index contributed by atoms with van der Waals surface area (Å²) in [6.07, 6.45) is 2.74. The number of halogens is 1. The van der Waals surface area contributed by atoms with Crippen LogP contribution in [0.4, 0.5) is 4.39 Å². The molecule has 9 heteroatoms. The zero-order valence-electron chi connectivity index (χ0n) is 19.4. The number of phenolic OH excluding ortho intramolecular Hbond substituents is 1. The molecule has 2 aliphatic heterocycles. The minimum atomic E-state index is -1.05. The van der Waals surface area contributed by atoms with Crippen LogP contribution in [0.1, 0.15) is 38.8 Å². The Morgan fingerprint density at radius 1 is 1.24 bits per heavy atom. The number of aromatic hydroxyl groups is 1. The van der Waals surface area contributed by atoms with E-state index < -0.39 is 17.4 Å². The van der Waals surface area contributed by atoms with Crippen molar-refractivity contribution in [1.29, 1.82) is 0 Å². The zero-order valence-corrected chi connectivity index (χ0v) is 19.4. The van der Waals surface area contributed by atoms with Gasteiger partial charge >= 0.3 is 5.69 Å². The normalized spacial score (nSPS) is 28.1. The molecule has 2 saturated heterocycles. The number of hydrogen-bond donors (Lipinski definition) is 2. The van der Waals surface area contributed by atoms with Gasteiger partial charge in [-0.25, -0.2) is 14.2 Å². The van der Waals surface area contributed by atoms with Crippen molar-refractivity contribution in [3.63, 3.8) is 0 Å². The quantitative estimate of drug-likeness (QED) is 0.613. The molecule has 4 atom stereocenters. The van der Waals surface area contributed by atoms with Gasteiger partial charge in [0.1, 0.15) is 18.2 Å². The summed E-state index contributed by atoms with van der Waals surface area (Å²) in [5, 5.41) is 22.7. The van der Waals surface area contributed by atoms with Crippen LogP contribution >= 0.6 is 0 Å². The highest BCUT2D eigenvalue weighted by Gasteiger charge is 2.55. The second-order valence-corrected chi connectivity index (χ2v) is 9.95. The molecule has 0 aliphatic carbocycles. The SMILES string of the molecule is C=C(c1ccc(-c2ccc(-c3ncn(C)c(=O)n3)cc2O)nn1)[C@H]1C[C@]2(C)CC[C@@](C)(N2)[C@H]1F. The van der Waals surface area contributed by atoms with Crippen LogP contribution in [-0.4, -0.2) is 47.1 Å². The summed E-state index contributed by atoms with van der Waals surface area (Å²) in [5.74, 6) is -0.144. The predicted octanol–water partition coefficient (Wildman–Crippen LogP) is 3.28. The second kappa shape index (κ2) is 7.80. The van der Waals surface area contributed by atoms with Gasteiger partial charge in [-0.2, -0.15) is 10.1 Å². The summed E-state index contributed by atoms with van der Waals surface area (Å²) in [6, 6.07) is 8.37. The maximum atomic E-state index is 15.4. The first-order chi connectivity index (χ1) is 16.1. The molecule has 4 heterocycles. The van der Waals surface area contributed by atoms with Crippen LogP contribution in [0.5, 0.6) is 5.75 Å². The van der Waals surface area contributed by atoms with Crippen molar-refractivity contribution in [2.24, 2.45) is 13.0 Å². The Bertz CT molecular complexity index is 1340. The van der Waals surface area contributed by atoms with Crippen LogP contribution in [-0.2, 0) is 7.05 Å². The lowest BCUT2D eigenvalue weighted by molar-refractivity contribution is 0.0770. The number of fused-ring (bicyclic) bond motifs is 2. The third-order valence-corrected chi connectivity index (χ3v) is 7.25. The van der Waals surface area contributed by atoms with Crippen molar-refractivity contribution < 1.29 is 9.50 Å². The van der Waals surface area contributed by atoms with Crippen molar-refractivity contribution in [1.82, 2.24) is 30.0 Å². The molecule has 0 unspecified atom stereocenters. The Hall–Kier alpha value is -3.46. The van der Waals surface area contributed by atoms with E-state index >= 15 is 4.39 Å². The standard InChI is InChI=1S/C25H27FN6O2/c1-14(17-12-24(2)9-10-25(3,31-24)21(17)26)18-7-8-19(30-29-18)16-6-5-15(11-20(16)33)22-27-13-32(4)23(34)28-22/h5-8,11,13,17,21,31,33H,1,9-10,12H2,2-4H3/t17-,21+,24+,25-/m1/s1. The average molecular weight is 463 g/mol.